The van der Waals surface area contributed by atoms with Crippen LogP contribution in [-0.4, -0.2) is 16.1 Å². The van der Waals surface area contributed by atoms with Crippen molar-refractivity contribution in [3.8, 4) is 17.0 Å². The number of aryl methyl sites for hydroxylation is 1. The number of anilines is 1. The van der Waals surface area contributed by atoms with Gasteiger partial charge in [-0.15, -0.1) is 0 Å². The molecule has 0 atom stereocenters. The Labute approximate surface area is 158 Å². The van der Waals surface area contributed by atoms with Crippen molar-refractivity contribution in [2.24, 2.45) is 0 Å². The standard InChI is InChI=1S/C21H14FN3O3/c1-11-19-20(25-28-11)14-4-2-3-5-16(14)23-10-13-9-18(27-21(19)26)15-8-12(22)6-7-17(15)24-13/h2-9,23H,10H2,1H3. The number of nitrogens with one attached hydrogen (secondary N) is 1. The number of carbonyl (C=O) groups excluding carboxylic acids is 1. The number of hydrogen-bond donors (Lipinski definition) is 1. The molecule has 0 aliphatic carbocycles. The second-order valence-electron chi connectivity index (χ2n) is 6.52. The number of esters is 1. The molecular formula is C21H14FN3O3. The van der Waals surface area contributed by atoms with Crippen LogP contribution < -0.4 is 10.1 Å². The van der Waals surface area contributed by atoms with Crippen molar-refractivity contribution in [2.75, 3.05) is 5.32 Å². The second kappa shape index (κ2) is 6.16. The molecule has 2 bridgehead atoms. The first-order valence-corrected chi connectivity index (χ1v) is 8.71. The van der Waals surface area contributed by atoms with Crippen LogP contribution in [0, 0.1) is 12.7 Å². The number of benzene rings is 2. The molecule has 28 heavy (non-hydrogen) atoms. The van der Waals surface area contributed by atoms with Gasteiger partial charge in [-0.25, -0.2) is 9.18 Å². The van der Waals surface area contributed by atoms with Gasteiger partial charge >= 0.3 is 5.97 Å². The third-order valence-electron chi connectivity index (χ3n) is 4.70. The lowest BCUT2D eigenvalue weighted by Gasteiger charge is -2.11. The number of nitrogens with zero attached hydrogens (tertiary/aromatic N) is 2. The number of hydrogen-bond acceptors (Lipinski definition) is 6. The van der Waals surface area contributed by atoms with Crippen molar-refractivity contribution in [1.29, 1.82) is 0 Å². The average molecular weight is 375 g/mol. The van der Waals surface area contributed by atoms with E-state index in [0.717, 1.165) is 11.3 Å². The largest absolute Gasteiger partial charge is 0.422 e. The molecule has 0 fully saturated rings. The molecule has 0 unspecified atom stereocenters. The molecule has 0 saturated carbocycles. The van der Waals surface area contributed by atoms with Gasteiger partial charge < -0.3 is 14.6 Å². The summed E-state index contributed by atoms with van der Waals surface area (Å²) in [6.07, 6.45) is 0. The van der Waals surface area contributed by atoms with E-state index in [9.17, 15) is 9.18 Å². The van der Waals surface area contributed by atoms with Gasteiger partial charge in [0, 0.05) is 22.7 Å². The Morgan fingerprint density at radius 1 is 1.14 bits per heavy atom. The highest BCUT2D eigenvalue weighted by molar-refractivity contribution is 6.01. The minimum absolute atomic E-state index is 0.235. The summed E-state index contributed by atoms with van der Waals surface area (Å²) in [5.74, 6) is -0.466. The zero-order valence-electron chi connectivity index (χ0n) is 14.8. The van der Waals surface area contributed by atoms with Gasteiger partial charge in [-0.1, -0.05) is 23.4 Å². The normalized spacial score (nSPS) is 13.1. The molecule has 2 aromatic heterocycles. The molecule has 1 aliphatic rings. The highest BCUT2D eigenvalue weighted by Gasteiger charge is 2.26. The summed E-state index contributed by atoms with van der Waals surface area (Å²) >= 11 is 0. The molecule has 0 spiro atoms. The molecule has 1 N–H and O–H groups in total. The fraction of sp³-hybridized carbons (Fsp3) is 0.0952. The summed E-state index contributed by atoms with van der Waals surface area (Å²) in [5, 5.41) is 7.82. The van der Waals surface area contributed by atoms with E-state index in [-0.39, 0.29) is 11.3 Å². The zero-order chi connectivity index (χ0) is 19.3. The Kier molecular flexibility index (Phi) is 3.61. The summed E-state index contributed by atoms with van der Waals surface area (Å²) in [6.45, 7) is 2.04. The molecular weight excluding hydrogens is 361 g/mol. The maximum Gasteiger partial charge on any atom is 0.349 e. The number of para-hydroxylation sites is 1. The monoisotopic (exact) mass is 375 g/mol. The molecule has 5 rings (SSSR count). The van der Waals surface area contributed by atoms with Gasteiger partial charge in [0.25, 0.3) is 0 Å². The SMILES string of the molecule is Cc1onc2c1C(=O)Oc1cc(nc3ccc(F)cc13)CNc1ccccc1-2. The number of pyridine rings is 1. The van der Waals surface area contributed by atoms with E-state index in [2.05, 4.69) is 15.5 Å². The van der Waals surface area contributed by atoms with Gasteiger partial charge in [-0.3, -0.25) is 4.98 Å². The number of halogens is 1. The van der Waals surface area contributed by atoms with Crippen molar-refractivity contribution >= 4 is 22.6 Å². The Morgan fingerprint density at radius 3 is 2.89 bits per heavy atom. The van der Waals surface area contributed by atoms with Crippen molar-refractivity contribution in [1.82, 2.24) is 10.1 Å². The van der Waals surface area contributed by atoms with Gasteiger partial charge in [0.2, 0.25) is 0 Å². The molecule has 3 heterocycles. The fourth-order valence-electron chi connectivity index (χ4n) is 3.37. The third-order valence-corrected chi connectivity index (χ3v) is 4.70. The fourth-order valence-corrected chi connectivity index (χ4v) is 3.37. The van der Waals surface area contributed by atoms with Crippen LogP contribution in [0.5, 0.6) is 5.75 Å². The molecule has 0 amide bonds. The van der Waals surface area contributed by atoms with E-state index in [0.29, 0.717) is 34.6 Å². The van der Waals surface area contributed by atoms with Crippen LogP contribution in [0.4, 0.5) is 10.1 Å². The van der Waals surface area contributed by atoms with Crippen LogP contribution in [-0.2, 0) is 6.54 Å². The lowest BCUT2D eigenvalue weighted by molar-refractivity contribution is 0.0736. The Balaban J connectivity index is 1.77. The summed E-state index contributed by atoms with van der Waals surface area (Å²) < 4.78 is 24.7. The third kappa shape index (κ3) is 2.60. The molecule has 0 radical (unpaired) electrons. The first-order valence-electron chi connectivity index (χ1n) is 8.71. The van der Waals surface area contributed by atoms with Crippen LogP contribution in [0.25, 0.3) is 22.2 Å². The number of aromatic nitrogens is 2. The molecule has 1 aliphatic heterocycles. The Hall–Kier alpha value is -3.74. The lowest BCUT2D eigenvalue weighted by Crippen LogP contribution is -2.11. The van der Waals surface area contributed by atoms with E-state index < -0.39 is 11.8 Å². The van der Waals surface area contributed by atoms with Crippen LogP contribution in [0.15, 0.2) is 53.1 Å². The van der Waals surface area contributed by atoms with Crippen molar-refractivity contribution in [3.63, 3.8) is 0 Å². The number of rotatable bonds is 0. The van der Waals surface area contributed by atoms with Crippen molar-refractivity contribution < 1.29 is 18.4 Å². The second-order valence-corrected chi connectivity index (χ2v) is 6.52. The van der Waals surface area contributed by atoms with E-state index >= 15 is 0 Å². The van der Waals surface area contributed by atoms with E-state index in [1.165, 1.54) is 12.1 Å². The van der Waals surface area contributed by atoms with Crippen molar-refractivity contribution in [3.05, 3.63) is 71.4 Å². The first-order chi connectivity index (χ1) is 13.6. The van der Waals surface area contributed by atoms with Gasteiger partial charge in [0.15, 0.2) is 0 Å². The van der Waals surface area contributed by atoms with Crippen molar-refractivity contribution in [2.45, 2.75) is 13.5 Å². The number of ether oxygens (including phenoxy) is 1. The summed E-state index contributed by atoms with van der Waals surface area (Å²) in [4.78, 5) is 17.6. The maximum absolute atomic E-state index is 13.8. The predicted molar refractivity (Wildman–Crippen MR) is 101 cm³/mol. The Bertz CT molecular complexity index is 1250. The van der Waals surface area contributed by atoms with Gasteiger partial charge in [-0.2, -0.15) is 0 Å². The van der Waals surface area contributed by atoms with E-state index in [4.69, 9.17) is 9.26 Å². The molecule has 6 nitrogen and oxygen atoms in total. The molecule has 0 saturated heterocycles. The Morgan fingerprint density at radius 2 is 2.00 bits per heavy atom. The minimum atomic E-state index is -0.617. The molecule has 7 heteroatoms. The molecule has 138 valence electrons. The summed E-state index contributed by atoms with van der Waals surface area (Å²) in [7, 11) is 0. The van der Waals surface area contributed by atoms with Gasteiger partial charge in [0.1, 0.15) is 28.6 Å². The van der Waals surface area contributed by atoms with Gasteiger partial charge in [-0.05, 0) is 31.2 Å². The van der Waals surface area contributed by atoms with Crippen LogP contribution >= 0.6 is 0 Å². The smallest absolute Gasteiger partial charge is 0.349 e. The minimum Gasteiger partial charge on any atom is -0.422 e. The van der Waals surface area contributed by atoms with Crippen LogP contribution in [0.1, 0.15) is 21.8 Å². The lowest BCUT2D eigenvalue weighted by atomic mass is 10.0. The van der Waals surface area contributed by atoms with Crippen LogP contribution in [0.2, 0.25) is 0 Å². The first kappa shape index (κ1) is 16.4. The average Bonchev–Trinajstić information content (AvgIpc) is 3.07. The quantitative estimate of drug-likeness (QED) is 0.457. The number of fused-ring (bicyclic) bond motifs is 7. The highest BCUT2D eigenvalue weighted by Crippen LogP contribution is 2.34. The number of carbonyl (C=O) groups is 1. The zero-order valence-corrected chi connectivity index (χ0v) is 14.8. The van der Waals surface area contributed by atoms with Gasteiger partial charge in [0.05, 0.1) is 17.8 Å². The summed E-state index contributed by atoms with van der Waals surface area (Å²) in [5.41, 5.74) is 3.33. The maximum atomic E-state index is 13.8. The topological polar surface area (TPSA) is 77.2 Å². The highest BCUT2D eigenvalue weighted by atomic mass is 19.1. The van der Waals surface area contributed by atoms with E-state index in [1.54, 1.807) is 19.1 Å². The molecule has 2 aromatic carbocycles. The molecule has 4 aromatic rings. The van der Waals surface area contributed by atoms with E-state index in [1.807, 2.05) is 24.3 Å². The van der Waals surface area contributed by atoms with Crippen LogP contribution in [0.3, 0.4) is 0 Å². The summed E-state index contributed by atoms with van der Waals surface area (Å²) in [6, 6.07) is 13.3. The predicted octanol–water partition coefficient (Wildman–Crippen LogP) is 4.48.